The highest BCUT2D eigenvalue weighted by atomic mass is 35.5. The summed E-state index contributed by atoms with van der Waals surface area (Å²) < 4.78 is 12.0. The smallest absolute Gasteiger partial charge is 0.329 e. The quantitative estimate of drug-likeness (QED) is 0.627. The van der Waals surface area contributed by atoms with Crippen LogP contribution in [0.2, 0.25) is 5.02 Å². The molecule has 0 amide bonds. The molecule has 0 bridgehead atoms. The highest BCUT2D eigenvalue weighted by molar-refractivity contribution is 6.46. The maximum Gasteiger partial charge on any atom is 0.329 e. The first-order valence-electron chi connectivity index (χ1n) is 7.21. The van der Waals surface area contributed by atoms with E-state index in [-0.39, 0.29) is 0 Å². The van der Waals surface area contributed by atoms with Gasteiger partial charge < -0.3 is 8.85 Å². The summed E-state index contributed by atoms with van der Waals surface area (Å²) in [5.74, 6) is 0. The van der Waals surface area contributed by atoms with Gasteiger partial charge in [-0.1, -0.05) is 44.5 Å². The lowest BCUT2D eigenvalue weighted by atomic mass is 10.1. The fourth-order valence-electron chi connectivity index (χ4n) is 2.07. The molecule has 0 aromatic heterocycles. The molecule has 0 N–H and O–H groups in total. The maximum absolute atomic E-state index is 6.09. The minimum atomic E-state index is -1.69. The van der Waals surface area contributed by atoms with Crippen LogP contribution in [0, 0.1) is 0 Å². The lowest BCUT2D eigenvalue weighted by molar-refractivity contribution is 0.187. The van der Waals surface area contributed by atoms with Crippen LogP contribution in [0.5, 0.6) is 0 Å². The fraction of sp³-hybridized carbons (Fsp3) is 0.600. The average Bonchev–Trinajstić information content (AvgIpc) is 2.42. The van der Waals surface area contributed by atoms with Crippen molar-refractivity contribution in [2.45, 2.75) is 45.6 Å². The topological polar surface area (TPSA) is 18.5 Å². The van der Waals surface area contributed by atoms with Crippen LogP contribution in [-0.2, 0) is 8.85 Å². The monoisotopic (exact) mass is 300 g/mol. The summed E-state index contributed by atoms with van der Waals surface area (Å²) in [6, 6.07) is 8.09. The van der Waals surface area contributed by atoms with Gasteiger partial charge in [-0.25, -0.2) is 0 Å². The Bertz CT molecular complexity index is 352. The Morgan fingerprint density at radius 3 is 2.21 bits per heavy atom. The third kappa shape index (κ3) is 5.65. The minimum absolute atomic E-state index is 0.372. The van der Waals surface area contributed by atoms with Crippen LogP contribution in [-0.4, -0.2) is 22.5 Å². The van der Waals surface area contributed by atoms with Crippen molar-refractivity contribution >= 4 is 20.9 Å². The molecule has 4 heteroatoms. The molecule has 0 aliphatic heterocycles. The first-order valence-corrected chi connectivity index (χ1v) is 9.20. The first-order chi connectivity index (χ1) is 9.22. The van der Waals surface area contributed by atoms with Crippen molar-refractivity contribution in [2.75, 3.05) is 13.2 Å². The molecule has 0 spiro atoms. The minimum Gasteiger partial charge on any atom is -0.396 e. The van der Waals surface area contributed by atoms with E-state index in [0.717, 1.165) is 37.5 Å². The zero-order chi connectivity index (χ0) is 14.1. The van der Waals surface area contributed by atoms with Crippen molar-refractivity contribution < 1.29 is 8.85 Å². The largest absolute Gasteiger partial charge is 0.396 e. The van der Waals surface area contributed by atoms with E-state index in [2.05, 4.69) is 26.8 Å². The van der Waals surface area contributed by atoms with E-state index in [9.17, 15) is 0 Å². The van der Waals surface area contributed by atoms with E-state index in [4.69, 9.17) is 20.5 Å². The molecule has 19 heavy (non-hydrogen) atoms. The second-order valence-corrected chi connectivity index (χ2v) is 7.32. The number of rotatable bonds is 9. The van der Waals surface area contributed by atoms with E-state index in [1.54, 1.807) is 0 Å². The average molecular weight is 301 g/mol. The van der Waals surface area contributed by atoms with Crippen LogP contribution in [0.1, 0.15) is 51.1 Å². The lowest BCUT2D eigenvalue weighted by Gasteiger charge is -2.25. The molecule has 2 nitrogen and oxygen atoms in total. The third-order valence-corrected chi connectivity index (χ3v) is 5.89. The number of halogens is 1. The van der Waals surface area contributed by atoms with Crippen LogP contribution < -0.4 is 0 Å². The van der Waals surface area contributed by atoms with Crippen LogP contribution in [0.15, 0.2) is 24.3 Å². The zero-order valence-electron chi connectivity index (χ0n) is 12.2. The number of benzene rings is 1. The Balaban J connectivity index is 2.81. The first kappa shape index (κ1) is 16.7. The second kappa shape index (κ2) is 9.53. The summed E-state index contributed by atoms with van der Waals surface area (Å²) in [6.45, 7) is 8.03. The summed E-state index contributed by atoms with van der Waals surface area (Å²) in [6.07, 6.45) is 3.10. The third-order valence-electron chi connectivity index (χ3n) is 3.02. The van der Waals surface area contributed by atoms with Crippen LogP contribution in [0.25, 0.3) is 0 Å². The maximum atomic E-state index is 6.09. The Labute approximate surface area is 123 Å². The molecular formula is C15H25ClO2Si. The van der Waals surface area contributed by atoms with Gasteiger partial charge in [0.25, 0.3) is 0 Å². The van der Waals surface area contributed by atoms with Crippen molar-refractivity contribution in [1.82, 2.24) is 0 Å². The molecule has 0 saturated heterocycles. The van der Waals surface area contributed by atoms with Crippen molar-refractivity contribution in [3.05, 3.63) is 34.9 Å². The van der Waals surface area contributed by atoms with Crippen LogP contribution >= 0.6 is 11.6 Å². The summed E-state index contributed by atoms with van der Waals surface area (Å²) in [7, 11) is -1.69. The van der Waals surface area contributed by atoms with Gasteiger partial charge in [-0.3, -0.25) is 0 Å². The van der Waals surface area contributed by atoms with Gasteiger partial charge in [0, 0.05) is 23.8 Å². The van der Waals surface area contributed by atoms with Crippen molar-refractivity contribution in [3.8, 4) is 0 Å². The van der Waals surface area contributed by atoms with E-state index < -0.39 is 9.28 Å². The lowest BCUT2D eigenvalue weighted by Crippen LogP contribution is -2.32. The molecule has 1 aromatic rings. The van der Waals surface area contributed by atoms with Crippen molar-refractivity contribution in [2.24, 2.45) is 0 Å². The van der Waals surface area contributed by atoms with E-state index in [1.807, 2.05) is 18.2 Å². The molecular weight excluding hydrogens is 276 g/mol. The van der Waals surface area contributed by atoms with Crippen molar-refractivity contribution in [1.29, 1.82) is 0 Å². The van der Waals surface area contributed by atoms with Crippen LogP contribution in [0.4, 0.5) is 0 Å². The highest BCUT2D eigenvalue weighted by Gasteiger charge is 2.26. The number of hydrogen-bond acceptors (Lipinski definition) is 2. The predicted octanol–water partition coefficient (Wildman–Crippen LogP) is 4.45. The fourth-order valence-corrected chi connectivity index (χ4v) is 4.67. The van der Waals surface area contributed by atoms with E-state index >= 15 is 0 Å². The molecule has 0 radical (unpaired) electrons. The van der Waals surface area contributed by atoms with Gasteiger partial charge in [-0.15, -0.1) is 0 Å². The van der Waals surface area contributed by atoms with E-state index in [0.29, 0.717) is 5.54 Å². The molecule has 0 saturated carbocycles. The van der Waals surface area contributed by atoms with Crippen molar-refractivity contribution in [3.63, 3.8) is 0 Å². The van der Waals surface area contributed by atoms with Gasteiger partial charge in [0.1, 0.15) is 0 Å². The molecule has 1 atom stereocenters. The molecule has 0 fully saturated rings. The summed E-state index contributed by atoms with van der Waals surface area (Å²) >= 11 is 6.09. The standard InChI is InChI=1S/C15H25ClO2Si/c1-4-10-17-19(18-11-5-2)15(6-3)13-8-7-9-14(16)12-13/h7-9,12,15,19H,4-6,10-11H2,1-3H3. The Hall–Kier alpha value is -0.353. The normalized spacial score (nSPS) is 12.9. The molecule has 0 aliphatic rings. The SMILES string of the molecule is CCCO[SiH](OCCC)C(CC)c1cccc(Cl)c1. The summed E-state index contributed by atoms with van der Waals surface area (Å²) in [5, 5.41) is 0.787. The highest BCUT2D eigenvalue weighted by Crippen LogP contribution is 2.26. The molecule has 108 valence electrons. The molecule has 1 unspecified atom stereocenters. The molecule has 0 heterocycles. The van der Waals surface area contributed by atoms with Gasteiger partial charge in [0.2, 0.25) is 0 Å². The molecule has 1 aromatic carbocycles. The summed E-state index contributed by atoms with van der Waals surface area (Å²) in [5.41, 5.74) is 1.62. The van der Waals surface area contributed by atoms with Gasteiger partial charge in [-0.05, 0) is 37.0 Å². The number of hydrogen-bond donors (Lipinski definition) is 0. The summed E-state index contributed by atoms with van der Waals surface area (Å²) in [4.78, 5) is 0. The molecule has 0 aliphatic carbocycles. The Morgan fingerprint density at radius 2 is 1.74 bits per heavy atom. The van der Waals surface area contributed by atoms with Gasteiger partial charge in [0.05, 0.1) is 0 Å². The molecule has 1 rings (SSSR count). The van der Waals surface area contributed by atoms with Gasteiger partial charge in [0.15, 0.2) is 0 Å². The Morgan fingerprint density at radius 1 is 1.11 bits per heavy atom. The van der Waals surface area contributed by atoms with Gasteiger partial charge >= 0.3 is 9.28 Å². The predicted molar refractivity (Wildman–Crippen MR) is 84.1 cm³/mol. The van der Waals surface area contributed by atoms with Gasteiger partial charge in [-0.2, -0.15) is 0 Å². The van der Waals surface area contributed by atoms with Crippen LogP contribution in [0.3, 0.4) is 0 Å². The second-order valence-electron chi connectivity index (χ2n) is 4.68. The van der Waals surface area contributed by atoms with E-state index in [1.165, 1.54) is 5.56 Å². The zero-order valence-corrected chi connectivity index (χ0v) is 14.1. The Kier molecular flexibility index (Phi) is 8.38.